The lowest BCUT2D eigenvalue weighted by molar-refractivity contribution is 0.288. The Hall–Kier alpha value is -1.30. The number of hydrogen-bond acceptors (Lipinski definition) is 5. The van der Waals surface area contributed by atoms with Crippen LogP contribution in [0.4, 0.5) is 10.8 Å². The third-order valence-corrected chi connectivity index (χ3v) is 6.07. The molecule has 0 saturated carbocycles. The van der Waals surface area contributed by atoms with Crippen LogP contribution in [0.2, 0.25) is 5.15 Å². The summed E-state index contributed by atoms with van der Waals surface area (Å²) < 4.78 is 0. The van der Waals surface area contributed by atoms with E-state index in [-0.39, 0.29) is 0 Å². The number of para-hydroxylation sites is 1. The van der Waals surface area contributed by atoms with Crippen molar-refractivity contribution < 1.29 is 0 Å². The van der Waals surface area contributed by atoms with Crippen LogP contribution in [0.25, 0.3) is 0 Å². The highest BCUT2D eigenvalue weighted by atomic mass is 35.5. The average molecular weight is 365 g/mol. The van der Waals surface area contributed by atoms with Gasteiger partial charge in [-0.05, 0) is 25.0 Å². The highest BCUT2D eigenvalue weighted by Crippen LogP contribution is 2.30. The molecule has 1 saturated heterocycles. The first-order valence-corrected chi connectivity index (χ1v) is 9.59. The van der Waals surface area contributed by atoms with E-state index < -0.39 is 0 Å². The molecule has 0 atom stereocenters. The molecule has 1 fully saturated rings. The first-order valence-electron chi connectivity index (χ1n) is 8.40. The molecule has 0 radical (unpaired) electrons. The summed E-state index contributed by atoms with van der Waals surface area (Å²) in [6.07, 6.45) is 1.17. The molecule has 6 heteroatoms. The highest BCUT2D eigenvalue weighted by molar-refractivity contribution is 7.16. The van der Waals surface area contributed by atoms with Gasteiger partial charge in [0.1, 0.15) is 5.15 Å². The van der Waals surface area contributed by atoms with Crippen molar-refractivity contribution in [3.63, 3.8) is 0 Å². The standard InChI is InChI=1S/C18H25ClN4S/c1-14-7-4-5-8-15(14)23-10-6-9-22(11-12-23)13-16-17(19)20-18(24-16)21(2)3/h4-5,7-8H,6,9-13H2,1-3H3. The van der Waals surface area contributed by atoms with Gasteiger partial charge in [-0.15, -0.1) is 0 Å². The van der Waals surface area contributed by atoms with Crippen molar-refractivity contribution in [3.8, 4) is 0 Å². The lowest BCUT2D eigenvalue weighted by Gasteiger charge is -2.25. The largest absolute Gasteiger partial charge is 0.370 e. The lowest BCUT2D eigenvalue weighted by Crippen LogP contribution is -2.30. The van der Waals surface area contributed by atoms with Crippen LogP contribution in [0.3, 0.4) is 0 Å². The number of benzene rings is 1. The van der Waals surface area contributed by atoms with Gasteiger partial charge in [0.25, 0.3) is 0 Å². The van der Waals surface area contributed by atoms with E-state index in [9.17, 15) is 0 Å². The molecule has 2 aromatic rings. The second-order valence-corrected chi connectivity index (χ2v) is 7.93. The third kappa shape index (κ3) is 4.02. The van der Waals surface area contributed by atoms with Crippen LogP contribution in [0, 0.1) is 6.92 Å². The van der Waals surface area contributed by atoms with Crippen LogP contribution in [-0.4, -0.2) is 50.2 Å². The number of nitrogens with zero attached hydrogens (tertiary/aromatic N) is 4. The maximum absolute atomic E-state index is 6.33. The van der Waals surface area contributed by atoms with E-state index in [4.69, 9.17) is 11.6 Å². The number of hydrogen-bond donors (Lipinski definition) is 0. The fraction of sp³-hybridized carbons (Fsp3) is 0.500. The van der Waals surface area contributed by atoms with E-state index in [2.05, 4.69) is 46.0 Å². The molecule has 0 aliphatic carbocycles. The molecule has 0 unspecified atom stereocenters. The molecule has 2 heterocycles. The number of rotatable bonds is 4. The van der Waals surface area contributed by atoms with E-state index in [0.29, 0.717) is 5.15 Å². The van der Waals surface area contributed by atoms with Crippen molar-refractivity contribution in [2.24, 2.45) is 0 Å². The Bertz CT molecular complexity index is 685. The Balaban J connectivity index is 1.65. The Kier molecular flexibility index (Phi) is 5.64. The van der Waals surface area contributed by atoms with E-state index >= 15 is 0 Å². The number of anilines is 2. The van der Waals surface area contributed by atoms with E-state index in [1.54, 1.807) is 11.3 Å². The number of aryl methyl sites for hydroxylation is 1. The van der Waals surface area contributed by atoms with Gasteiger partial charge in [-0.2, -0.15) is 0 Å². The maximum atomic E-state index is 6.33. The van der Waals surface area contributed by atoms with E-state index in [1.165, 1.54) is 22.5 Å². The van der Waals surface area contributed by atoms with Gasteiger partial charge < -0.3 is 9.80 Å². The smallest absolute Gasteiger partial charge is 0.186 e. The van der Waals surface area contributed by atoms with Gasteiger partial charge in [-0.1, -0.05) is 41.1 Å². The fourth-order valence-corrected chi connectivity index (χ4v) is 4.32. The predicted molar refractivity (Wildman–Crippen MR) is 105 cm³/mol. The van der Waals surface area contributed by atoms with Crippen molar-refractivity contribution in [2.75, 3.05) is 50.1 Å². The second kappa shape index (κ2) is 7.72. The van der Waals surface area contributed by atoms with Crippen LogP contribution < -0.4 is 9.80 Å². The van der Waals surface area contributed by atoms with Gasteiger partial charge in [0, 0.05) is 52.5 Å². The van der Waals surface area contributed by atoms with Crippen LogP contribution in [0.1, 0.15) is 16.9 Å². The minimum Gasteiger partial charge on any atom is -0.370 e. The molecule has 0 spiro atoms. The van der Waals surface area contributed by atoms with Gasteiger partial charge in [0.05, 0.1) is 4.88 Å². The van der Waals surface area contributed by atoms with Gasteiger partial charge in [0.2, 0.25) is 0 Å². The third-order valence-electron chi connectivity index (χ3n) is 4.43. The van der Waals surface area contributed by atoms with E-state index in [0.717, 1.165) is 37.9 Å². The Morgan fingerprint density at radius 3 is 2.67 bits per heavy atom. The Labute approximate surface area is 153 Å². The van der Waals surface area contributed by atoms with Gasteiger partial charge in [-0.3, -0.25) is 4.90 Å². The first kappa shape index (κ1) is 17.5. The molecule has 3 rings (SSSR count). The molecule has 1 aliphatic heterocycles. The van der Waals surface area contributed by atoms with Crippen molar-refractivity contribution >= 4 is 33.8 Å². The normalized spacial score (nSPS) is 16.2. The summed E-state index contributed by atoms with van der Waals surface area (Å²) in [5, 5.41) is 1.63. The van der Waals surface area contributed by atoms with Crippen molar-refractivity contribution in [2.45, 2.75) is 19.9 Å². The molecule has 130 valence electrons. The molecule has 24 heavy (non-hydrogen) atoms. The highest BCUT2D eigenvalue weighted by Gasteiger charge is 2.19. The zero-order valence-electron chi connectivity index (χ0n) is 14.6. The zero-order valence-corrected chi connectivity index (χ0v) is 16.2. The topological polar surface area (TPSA) is 22.6 Å². The average Bonchev–Trinajstić information content (AvgIpc) is 2.78. The fourth-order valence-electron chi connectivity index (χ4n) is 3.10. The monoisotopic (exact) mass is 364 g/mol. The minimum atomic E-state index is 0.656. The summed E-state index contributed by atoms with van der Waals surface area (Å²) in [6.45, 7) is 7.42. The van der Waals surface area contributed by atoms with Gasteiger partial charge in [0.15, 0.2) is 5.13 Å². The summed E-state index contributed by atoms with van der Waals surface area (Å²) in [5.74, 6) is 0. The van der Waals surface area contributed by atoms with Crippen LogP contribution in [0.15, 0.2) is 24.3 Å². The first-order chi connectivity index (χ1) is 11.5. The number of thiazole rings is 1. The quantitative estimate of drug-likeness (QED) is 0.821. The van der Waals surface area contributed by atoms with Crippen LogP contribution in [0.5, 0.6) is 0 Å². The van der Waals surface area contributed by atoms with Crippen LogP contribution in [-0.2, 0) is 6.54 Å². The Morgan fingerprint density at radius 1 is 1.17 bits per heavy atom. The summed E-state index contributed by atoms with van der Waals surface area (Å²) in [4.78, 5) is 12.6. The summed E-state index contributed by atoms with van der Waals surface area (Å²) in [6, 6.07) is 8.66. The number of halogens is 1. The zero-order chi connectivity index (χ0) is 17.1. The molecule has 1 aromatic heterocycles. The van der Waals surface area contributed by atoms with Crippen molar-refractivity contribution in [1.82, 2.24) is 9.88 Å². The lowest BCUT2D eigenvalue weighted by atomic mass is 10.2. The minimum absolute atomic E-state index is 0.656. The maximum Gasteiger partial charge on any atom is 0.186 e. The molecule has 0 bridgehead atoms. The van der Waals surface area contributed by atoms with E-state index in [1.807, 2.05) is 19.0 Å². The Morgan fingerprint density at radius 2 is 1.96 bits per heavy atom. The molecule has 1 aromatic carbocycles. The summed E-state index contributed by atoms with van der Waals surface area (Å²) in [7, 11) is 4.01. The number of aromatic nitrogens is 1. The summed E-state index contributed by atoms with van der Waals surface area (Å²) in [5.41, 5.74) is 2.72. The van der Waals surface area contributed by atoms with Crippen molar-refractivity contribution in [1.29, 1.82) is 0 Å². The van der Waals surface area contributed by atoms with Crippen molar-refractivity contribution in [3.05, 3.63) is 39.9 Å². The molecule has 0 N–H and O–H groups in total. The molecular formula is C18H25ClN4S. The predicted octanol–water partition coefficient (Wildman–Crippen LogP) is 3.88. The molecular weight excluding hydrogens is 340 g/mol. The van der Waals surface area contributed by atoms with Crippen LogP contribution >= 0.6 is 22.9 Å². The second-order valence-electron chi connectivity index (χ2n) is 6.51. The van der Waals surface area contributed by atoms with Gasteiger partial charge >= 0.3 is 0 Å². The SMILES string of the molecule is Cc1ccccc1N1CCCN(Cc2sc(N(C)C)nc2Cl)CC1. The molecule has 0 amide bonds. The summed E-state index contributed by atoms with van der Waals surface area (Å²) >= 11 is 8.03. The molecule has 4 nitrogen and oxygen atoms in total. The molecule has 1 aliphatic rings. The van der Waals surface area contributed by atoms with Gasteiger partial charge in [-0.25, -0.2) is 4.98 Å².